The summed E-state index contributed by atoms with van der Waals surface area (Å²) in [6.45, 7) is 0. The van der Waals surface area contributed by atoms with E-state index in [1.54, 1.807) is 38.2 Å². The van der Waals surface area contributed by atoms with E-state index in [2.05, 4.69) is 12.0 Å². The summed E-state index contributed by atoms with van der Waals surface area (Å²) >= 11 is 0. The number of rotatable bonds is 1. The maximum atomic E-state index is 11.8. The Kier molecular flexibility index (Phi) is 2.94. The van der Waals surface area contributed by atoms with E-state index in [0.29, 0.717) is 16.7 Å². The summed E-state index contributed by atoms with van der Waals surface area (Å²) in [4.78, 5) is 24.7. The summed E-state index contributed by atoms with van der Waals surface area (Å²) in [6.07, 6.45) is 0. The van der Waals surface area contributed by atoms with Crippen molar-refractivity contribution in [2.75, 3.05) is 14.1 Å². The lowest BCUT2D eigenvalue weighted by molar-refractivity contribution is 0.105. The van der Waals surface area contributed by atoms with Crippen LogP contribution in [0.3, 0.4) is 0 Å². The van der Waals surface area contributed by atoms with E-state index < -0.39 is 5.76 Å². The average molecular weight is 244 g/mol. The van der Waals surface area contributed by atoms with E-state index in [1.165, 1.54) is 10.6 Å². The van der Waals surface area contributed by atoms with Crippen LogP contribution in [0.1, 0.15) is 10.4 Å². The lowest BCUT2D eigenvalue weighted by Gasteiger charge is -1.98. The summed E-state index contributed by atoms with van der Waals surface area (Å²) in [5, 5.41) is 0. The first-order valence-corrected chi connectivity index (χ1v) is 5.32. The van der Waals surface area contributed by atoms with E-state index in [-0.39, 0.29) is 5.78 Å². The largest absolute Gasteiger partial charge is 0.419 e. The van der Waals surface area contributed by atoms with Crippen LogP contribution >= 0.6 is 0 Å². The molecule has 0 unspecified atom stereocenters. The van der Waals surface area contributed by atoms with Gasteiger partial charge in [-0.25, -0.2) is 4.79 Å². The van der Waals surface area contributed by atoms with Crippen LogP contribution in [0, 0.1) is 12.0 Å². The first-order valence-electron chi connectivity index (χ1n) is 5.32. The minimum absolute atomic E-state index is 0.308. The van der Waals surface area contributed by atoms with Crippen molar-refractivity contribution in [2.24, 2.45) is 7.05 Å². The number of carbonyl (C=O) groups excluding carboxylic acids is 1. The van der Waals surface area contributed by atoms with Gasteiger partial charge in [-0.2, -0.15) is 0 Å². The molecule has 0 radical (unpaired) electrons. The van der Waals surface area contributed by atoms with Crippen molar-refractivity contribution in [2.45, 2.75) is 0 Å². The smallest absolute Gasteiger partial charge is 0.408 e. The topological polar surface area (TPSA) is 55.5 Å². The monoisotopic (exact) mass is 244 g/mol. The Morgan fingerprint density at radius 3 is 2.78 bits per heavy atom. The number of carbonyl (C=O) groups is 1. The number of hydrogen-bond donors (Lipinski definition) is 0. The molecule has 0 atom stereocenters. The minimum Gasteiger partial charge on any atom is -0.408 e. The predicted octanol–water partition coefficient (Wildman–Crippen LogP) is 0.837. The molecule has 2 rings (SSSR count). The summed E-state index contributed by atoms with van der Waals surface area (Å²) in [5.41, 5.74) is 1.45. The molecule has 0 aliphatic heterocycles. The average Bonchev–Trinajstić information content (AvgIpc) is 2.61. The number of hydrogen-bond acceptors (Lipinski definition) is 4. The Hall–Kier alpha value is -2.48. The van der Waals surface area contributed by atoms with Crippen molar-refractivity contribution in [3.63, 3.8) is 0 Å². The highest BCUT2D eigenvalue weighted by Crippen LogP contribution is 2.14. The third kappa shape index (κ3) is 2.13. The number of Topliss-reactive ketones (excluding diaryl/α,β-unsaturated/α-hetero) is 1. The predicted molar refractivity (Wildman–Crippen MR) is 67.2 cm³/mol. The highest BCUT2D eigenvalue weighted by Gasteiger charge is 2.09. The zero-order valence-electron chi connectivity index (χ0n) is 10.4. The molecule has 0 fully saturated rings. The maximum Gasteiger partial charge on any atom is 0.419 e. The van der Waals surface area contributed by atoms with Crippen molar-refractivity contribution in [1.29, 1.82) is 0 Å². The molecular formula is C13H12N2O3. The second kappa shape index (κ2) is 4.41. The molecule has 0 saturated carbocycles. The van der Waals surface area contributed by atoms with Gasteiger partial charge in [0.15, 0.2) is 5.58 Å². The quantitative estimate of drug-likeness (QED) is 0.423. The molecule has 1 heterocycles. The lowest BCUT2D eigenvalue weighted by atomic mass is 10.1. The molecule has 0 bridgehead atoms. The van der Waals surface area contributed by atoms with Crippen LogP contribution in [0.25, 0.3) is 11.1 Å². The first kappa shape index (κ1) is 12.0. The van der Waals surface area contributed by atoms with Crippen molar-refractivity contribution in [3.8, 4) is 12.0 Å². The number of aromatic nitrogens is 1. The van der Waals surface area contributed by atoms with Gasteiger partial charge in [-0.3, -0.25) is 9.36 Å². The lowest BCUT2D eigenvalue weighted by Crippen LogP contribution is -2.08. The van der Waals surface area contributed by atoms with E-state index in [0.717, 1.165) is 0 Å². The van der Waals surface area contributed by atoms with Gasteiger partial charge in [0, 0.05) is 32.8 Å². The molecule has 0 aliphatic rings. The van der Waals surface area contributed by atoms with Gasteiger partial charge in [-0.05, 0) is 24.1 Å². The van der Waals surface area contributed by atoms with Crippen LogP contribution in [0.4, 0.5) is 0 Å². The zero-order valence-corrected chi connectivity index (χ0v) is 10.4. The van der Waals surface area contributed by atoms with E-state index in [4.69, 9.17) is 4.42 Å². The van der Waals surface area contributed by atoms with Gasteiger partial charge >= 0.3 is 5.76 Å². The van der Waals surface area contributed by atoms with Gasteiger partial charge in [0.05, 0.1) is 5.52 Å². The van der Waals surface area contributed by atoms with Crippen LogP contribution in [-0.2, 0) is 7.05 Å². The molecule has 0 N–H and O–H groups in total. The maximum absolute atomic E-state index is 11.8. The number of nitrogens with zero attached hydrogens (tertiary/aromatic N) is 2. The standard InChI is InChI=1S/C13H12N2O3/c1-14(2)7-6-11(16)9-4-5-10-12(8-9)18-13(17)15(10)3/h4-5,8H,1-3H3. The summed E-state index contributed by atoms with van der Waals surface area (Å²) < 4.78 is 6.40. The SMILES string of the molecule is CN(C)C#CC(=O)c1ccc2c(c1)oc(=O)n2C. The third-order valence-electron chi connectivity index (χ3n) is 2.45. The normalized spacial score (nSPS) is 9.94. The van der Waals surface area contributed by atoms with Crippen LogP contribution < -0.4 is 5.76 Å². The molecule has 0 amide bonds. The van der Waals surface area contributed by atoms with Crippen molar-refractivity contribution < 1.29 is 9.21 Å². The molecule has 0 saturated heterocycles. The third-order valence-corrected chi connectivity index (χ3v) is 2.45. The highest BCUT2D eigenvalue weighted by atomic mass is 16.4. The molecule has 18 heavy (non-hydrogen) atoms. The van der Waals surface area contributed by atoms with Crippen LogP contribution in [0.5, 0.6) is 0 Å². The fourth-order valence-electron chi connectivity index (χ4n) is 1.51. The van der Waals surface area contributed by atoms with Crippen LogP contribution in [-0.4, -0.2) is 29.3 Å². The van der Waals surface area contributed by atoms with Gasteiger partial charge in [-0.15, -0.1) is 0 Å². The van der Waals surface area contributed by atoms with Gasteiger partial charge in [0.25, 0.3) is 0 Å². The second-order valence-corrected chi connectivity index (χ2v) is 4.07. The number of oxazole rings is 1. The molecule has 5 heteroatoms. The van der Waals surface area contributed by atoms with Crippen molar-refractivity contribution in [3.05, 3.63) is 34.3 Å². The Balaban J connectivity index is 2.46. The summed E-state index contributed by atoms with van der Waals surface area (Å²) in [6, 6.07) is 7.48. The van der Waals surface area contributed by atoms with Crippen molar-refractivity contribution in [1.82, 2.24) is 9.47 Å². The minimum atomic E-state index is -0.450. The Bertz CT molecular complexity index is 726. The summed E-state index contributed by atoms with van der Waals surface area (Å²) in [7, 11) is 5.11. The number of aryl methyl sites for hydroxylation is 1. The Labute approximate surface area is 104 Å². The molecule has 5 nitrogen and oxygen atoms in total. The molecule has 2 aromatic rings. The van der Waals surface area contributed by atoms with Gasteiger partial charge in [-0.1, -0.05) is 0 Å². The second-order valence-electron chi connectivity index (χ2n) is 4.07. The number of ketones is 1. The fraction of sp³-hybridized carbons (Fsp3) is 0.231. The first-order chi connectivity index (χ1) is 8.49. The molecule has 1 aromatic heterocycles. The fourth-order valence-corrected chi connectivity index (χ4v) is 1.51. The van der Waals surface area contributed by atoms with E-state index in [9.17, 15) is 9.59 Å². The molecule has 0 spiro atoms. The van der Waals surface area contributed by atoms with E-state index in [1.807, 2.05) is 0 Å². The highest BCUT2D eigenvalue weighted by molar-refractivity contribution is 6.10. The van der Waals surface area contributed by atoms with Gasteiger partial charge in [0.1, 0.15) is 0 Å². The van der Waals surface area contributed by atoms with E-state index >= 15 is 0 Å². The van der Waals surface area contributed by atoms with Crippen molar-refractivity contribution >= 4 is 16.9 Å². The zero-order chi connectivity index (χ0) is 13.3. The number of fused-ring (bicyclic) bond motifs is 1. The summed E-state index contributed by atoms with van der Waals surface area (Å²) in [5.74, 6) is 1.74. The number of benzene rings is 1. The molecule has 0 aliphatic carbocycles. The Morgan fingerprint density at radius 1 is 1.39 bits per heavy atom. The van der Waals surface area contributed by atoms with Crippen LogP contribution in [0.15, 0.2) is 27.4 Å². The van der Waals surface area contributed by atoms with Gasteiger partial charge < -0.3 is 9.32 Å². The molecule has 1 aromatic carbocycles. The van der Waals surface area contributed by atoms with Gasteiger partial charge in [0.2, 0.25) is 5.78 Å². The van der Waals surface area contributed by atoms with Crippen LogP contribution in [0.2, 0.25) is 0 Å². The Morgan fingerprint density at radius 2 is 2.11 bits per heavy atom. The molecule has 92 valence electrons. The molecular weight excluding hydrogens is 232 g/mol.